The average Bonchev–Trinajstić information content (AvgIpc) is 2.18. The molecule has 0 fully saturated rings. The molecular formula is C10H15NO2. The normalized spacial score (nSPS) is 10.1. The van der Waals surface area contributed by atoms with Crippen LogP contribution in [0.2, 0.25) is 0 Å². The Hall–Kier alpha value is -1.06. The minimum absolute atomic E-state index is 0.0337. The van der Waals surface area contributed by atoms with Crippen LogP contribution < -0.4 is 4.90 Å². The SMILES string of the molecule is CN(CCO)c1ccccc1CO. The summed E-state index contributed by atoms with van der Waals surface area (Å²) in [6, 6.07) is 7.62. The number of hydrogen-bond donors (Lipinski definition) is 2. The van der Waals surface area contributed by atoms with Gasteiger partial charge in [0.1, 0.15) is 0 Å². The van der Waals surface area contributed by atoms with Gasteiger partial charge in [-0.1, -0.05) is 18.2 Å². The van der Waals surface area contributed by atoms with Crippen molar-refractivity contribution >= 4 is 5.69 Å². The van der Waals surface area contributed by atoms with Crippen molar-refractivity contribution in [3.05, 3.63) is 29.8 Å². The highest BCUT2D eigenvalue weighted by Gasteiger charge is 2.04. The fourth-order valence-corrected chi connectivity index (χ4v) is 1.29. The molecule has 0 atom stereocenters. The van der Waals surface area contributed by atoms with Gasteiger partial charge in [0.2, 0.25) is 0 Å². The lowest BCUT2D eigenvalue weighted by molar-refractivity contribution is 0.281. The highest BCUT2D eigenvalue weighted by molar-refractivity contribution is 5.52. The van der Waals surface area contributed by atoms with Gasteiger partial charge in [0, 0.05) is 24.8 Å². The van der Waals surface area contributed by atoms with Gasteiger partial charge in [-0.2, -0.15) is 0 Å². The maximum atomic E-state index is 9.05. The Kier molecular flexibility index (Phi) is 3.73. The number of aliphatic hydroxyl groups excluding tert-OH is 2. The van der Waals surface area contributed by atoms with Crippen molar-refractivity contribution in [1.29, 1.82) is 0 Å². The van der Waals surface area contributed by atoms with E-state index >= 15 is 0 Å². The molecule has 0 spiro atoms. The van der Waals surface area contributed by atoms with Crippen LogP contribution in [0.1, 0.15) is 5.56 Å². The summed E-state index contributed by atoms with van der Waals surface area (Å²) >= 11 is 0. The third-order valence-corrected chi connectivity index (χ3v) is 2.01. The Balaban J connectivity index is 2.85. The second kappa shape index (κ2) is 4.84. The molecule has 0 aliphatic heterocycles. The molecule has 0 amide bonds. The molecule has 1 aromatic carbocycles. The highest BCUT2D eigenvalue weighted by Crippen LogP contribution is 2.18. The van der Waals surface area contributed by atoms with E-state index < -0.39 is 0 Å². The molecule has 3 nitrogen and oxygen atoms in total. The fraction of sp³-hybridized carbons (Fsp3) is 0.400. The van der Waals surface area contributed by atoms with Crippen molar-refractivity contribution in [2.75, 3.05) is 25.1 Å². The second-order valence-electron chi connectivity index (χ2n) is 2.93. The Labute approximate surface area is 78.2 Å². The Morgan fingerprint density at radius 1 is 1.23 bits per heavy atom. The molecule has 1 aromatic rings. The summed E-state index contributed by atoms with van der Waals surface area (Å²) in [5.74, 6) is 0. The molecule has 0 saturated heterocycles. The third-order valence-electron chi connectivity index (χ3n) is 2.01. The molecule has 0 saturated carbocycles. The minimum atomic E-state index is 0.0337. The summed E-state index contributed by atoms with van der Waals surface area (Å²) < 4.78 is 0. The minimum Gasteiger partial charge on any atom is -0.395 e. The first-order valence-corrected chi connectivity index (χ1v) is 4.30. The van der Waals surface area contributed by atoms with Crippen molar-refractivity contribution < 1.29 is 10.2 Å². The number of nitrogens with zero attached hydrogens (tertiary/aromatic N) is 1. The zero-order chi connectivity index (χ0) is 9.68. The molecule has 0 aromatic heterocycles. The topological polar surface area (TPSA) is 43.7 Å². The van der Waals surface area contributed by atoms with E-state index in [9.17, 15) is 0 Å². The van der Waals surface area contributed by atoms with Gasteiger partial charge >= 0.3 is 0 Å². The van der Waals surface area contributed by atoms with E-state index in [0.29, 0.717) is 6.54 Å². The largest absolute Gasteiger partial charge is 0.395 e. The molecule has 0 heterocycles. The lowest BCUT2D eigenvalue weighted by atomic mass is 10.2. The molecule has 1 rings (SSSR count). The van der Waals surface area contributed by atoms with Crippen LogP contribution in [0, 0.1) is 0 Å². The molecule has 3 heteroatoms. The molecule has 2 N–H and O–H groups in total. The summed E-state index contributed by atoms with van der Waals surface area (Å²) in [4.78, 5) is 1.92. The van der Waals surface area contributed by atoms with Crippen molar-refractivity contribution in [2.45, 2.75) is 6.61 Å². The molecule has 72 valence electrons. The lowest BCUT2D eigenvalue weighted by Crippen LogP contribution is -2.22. The quantitative estimate of drug-likeness (QED) is 0.715. The Morgan fingerprint density at radius 2 is 1.92 bits per heavy atom. The number of anilines is 1. The van der Waals surface area contributed by atoms with Gasteiger partial charge < -0.3 is 15.1 Å². The number of para-hydroxylation sites is 1. The van der Waals surface area contributed by atoms with Gasteiger partial charge in [-0.3, -0.25) is 0 Å². The number of aliphatic hydroxyl groups is 2. The summed E-state index contributed by atoms with van der Waals surface area (Å²) in [6.07, 6.45) is 0. The molecular weight excluding hydrogens is 166 g/mol. The van der Waals surface area contributed by atoms with Crippen molar-refractivity contribution in [3.8, 4) is 0 Å². The van der Waals surface area contributed by atoms with Gasteiger partial charge in [0.15, 0.2) is 0 Å². The van der Waals surface area contributed by atoms with E-state index in [0.717, 1.165) is 11.3 Å². The number of benzene rings is 1. The lowest BCUT2D eigenvalue weighted by Gasteiger charge is -2.20. The van der Waals surface area contributed by atoms with Crippen LogP contribution >= 0.6 is 0 Å². The van der Waals surface area contributed by atoms with Crippen LogP contribution in [-0.2, 0) is 6.61 Å². The van der Waals surface area contributed by atoms with Crippen molar-refractivity contribution in [3.63, 3.8) is 0 Å². The van der Waals surface area contributed by atoms with Crippen molar-refractivity contribution in [1.82, 2.24) is 0 Å². The van der Waals surface area contributed by atoms with Crippen LogP contribution in [0.4, 0.5) is 5.69 Å². The van der Waals surface area contributed by atoms with E-state index in [1.165, 1.54) is 0 Å². The third kappa shape index (κ3) is 2.44. The molecule has 13 heavy (non-hydrogen) atoms. The maximum absolute atomic E-state index is 9.05. The predicted molar refractivity (Wildman–Crippen MR) is 52.7 cm³/mol. The molecule has 0 bridgehead atoms. The van der Waals surface area contributed by atoms with Gasteiger partial charge in [0.05, 0.1) is 13.2 Å². The molecule has 0 aliphatic rings. The second-order valence-corrected chi connectivity index (χ2v) is 2.93. The van der Waals surface area contributed by atoms with E-state index in [-0.39, 0.29) is 13.2 Å². The summed E-state index contributed by atoms with van der Waals surface area (Å²) in [5.41, 5.74) is 1.86. The molecule has 0 radical (unpaired) electrons. The van der Waals surface area contributed by atoms with E-state index in [4.69, 9.17) is 10.2 Å². The van der Waals surface area contributed by atoms with Crippen molar-refractivity contribution in [2.24, 2.45) is 0 Å². The zero-order valence-corrected chi connectivity index (χ0v) is 7.77. The van der Waals surface area contributed by atoms with Crippen LogP contribution in [0.25, 0.3) is 0 Å². The van der Waals surface area contributed by atoms with E-state index in [1.54, 1.807) is 0 Å². The highest BCUT2D eigenvalue weighted by atomic mass is 16.3. The summed E-state index contributed by atoms with van der Waals surface area (Å²) in [5, 5.41) is 17.8. The fourth-order valence-electron chi connectivity index (χ4n) is 1.29. The predicted octanol–water partition coefficient (Wildman–Crippen LogP) is 0.607. The Morgan fingerprint density at radius 3 is 2.54 bits per heavy atom. The van der Waals surface area contributed by atoms with E-state index in [1.807, 2.05) is 36.2 Å². The smallest absolute Gasteiger partial charge is 0.0702 e. The van der Waals surface area contributed by atoms with Gasteiger partial charge in [0.25, 0.3) is 0 Å². The summed E-state index contributed by atoms with van der Waals surface area (Å²) in [7, 11) is 1.89. The standard InChI is InChI=1S/C10H15NO2/c1-11(6-7-12)10-5-3-2-4-9(10)8-13/h2-5,12-13H,6-8H2,1H3. The van der Waals surface area contributed by atoms with Crippen LogP contribution in [0.3, 0.4) is 0 Å². The van der Waals surface area contributed by atoms with Gasteiger partial charge in [-0.15, -0.1) is 0 Å². The van der Waals surface area contributed by atoms with Crippen LogP contribution in [-0.4, -0.2) is 30.4 Å². The number of hydrogen-bond acceptors (Lipinski definition) is 3. The van der Waals surface area contributed by atoms with Gasteiger partial charge in [-0.25, -0.2) is 0 Å². The number of rotatable bonds is 4. The first-order valence-electron chi connectivity index (χ1n) is 4.30. The molecule has 0 unspecified atom stereocenters. The zero-order valence-electron chi connectivity index (χ0n) is 7.77. The first kappa shape index (κ1) is 10.0. The summed E-state index contributed by atoms with van der Waals surface area (Å²) in [6.45, 7) is 0.735. The average molecular weight is 181 g/mol. The first-order chi connectivity index (χ1) is 6.29. The molecule has 0 aliphatic carbocycles. The Bertz CT molecular complexity index is 263. The van der Waals surface area contributed by atoms with Crippen LogP contribution in [0.15, 0.2) is 24.3 Å². The van der Waals surface area contributed by atoms with Gasteiger partial charge in [-0.05, 0) is 6.07 Å². The maximum Gasteiger partial charge on any atom is 0.0702 e. The number of likely N-dealkylation sites (N-methyl/N-ethyl adjacent to an activating group) is 1. The van der Waals surface area contributed by atoms with E-state index in [2.05, 4.69) is 0 Å². The van der Waals surface area contributed by atoms with Crippen LogP contribution in [0.5, 0.6) is 0 Å². The monoisotopic (exact) mass is 181 g/mol.